The van der Waals surface area contributed by atoms with Crippen molar-refractivity contribution in [1.29, 1.82) is 0 Å². The molecule has 4 atom stereocenters. The van der Waals surface area contributed by atoms with Crippen LogP contribution >= 0.6 is 0 Å². The van der Waals surface area contributed by atoms with E-state index in [4.69, 9.17) is 14.2 Å². The van der Waals surface area contributed by atoms with E-state index in [9.17, 15) is 19.8 Å². The highest BCUT2D eigenvalue weighted by molar-refractivity contribution is 5.82. The molecular formula is C18H29NO7. The number of rotatable bonds is 7. The SMILES string of the molecule is COC(C)C(O)(C(=O)OCC1=CCN2CCC(OC(C)=O)C12)C(C)(C)O. The maximum Gasteiger partial charge on any atom is 0.344 e. The lowest BCUT2D eigenvalue weighted by Gasteiger charge is -2.40. The van der Waals surface area contributed by atoms with Crippen molar-refractivity contribution in [2.45, 2.75) is 63.6 Å². The number of aliphatic hydroxyl groups is 2. The second-order valence-corrected chi connectivity index (χ2v) is 7.43. The highest BCUT2D eigenvalue weighted by Gasteiger charge is 2.55. The Morgan fingerprint density at radius 3 is 2.58 bits per heavy atom. The van der Waals surface area contributed by atoms with Crippen LogP contribution in [0.25, 0.3) is 0 Å². The van der Waals surface area contributed by atoms with Crippen LogP contribution in [0.15, 0.2) is 11.6 Å². The number of carbonyl (C=O) groups is 2. The van der Waals surface area contributed by atoms with Crippen LogP contribution in [0.2, 0.25) is 0 Å². The van der Waals surface area contributed by atoms with Crippen molar-refractivity contribution in [3.63, 3.8) is 0 Å². The standard InChI is InChI=1S/C18H29NO7/c1-11(24-5)18(23,17(3,4)22)16(21)25-10-13-6-8-19-9-7-14(15(13)19)26-12(2)20/h6,11,14-15,22-23H,7-10H2,1-5H3. The Bertz CT molecular complexity index is 583. The van der Waals surface area contributed by atoms with Crippen LogP contribution in [0.4, 0.5) is 0 Å². The van der Waals surface area contributed by atoms with Crippen LogP contribution in [-0.4, -0.2) is 83.3 Å². The van der Waals surface area contributed by atoms with E-state index in [1.54, 1.807) is 0 Å². The summed E-state index contributed by atoms with van der Waals surface area (Å²) in [6.45, 7) is 6.96. The van der Waals surface area contributed by atoms with Crippen molar-refractivity contribution in [2.24, 2.45) is 0 Å². The Morgan fingerprint density at radius 1 is 1.38 bits per heavy atom. The average Bonchev–Trinajstić information content (AvgIpc) is 3.12. The summed E-state index contributed by atoms with van der Waals surface area (Å²) in [4.78, 5) is 26.0. The average molecular weight is 371 g/mol. The number of esters is 2. The second kappa shape index (κ2) is 7.64. The molecule has 4 unspecified atom stereocenters. The van der Waals surface area contributed by atoms with E-state index in [0.29, 0.717) is 6.54 Å². The molecular weight excluding hydrogens is 342 g/mol. The Hall–Kier alpha value is -1.48. The van der Waals surface area contributed by atoms with E-state index < -0.39 is 23.3 Å². The van der Waals surface area contributed by atoms with Gasteiger partial charge in [-0.2, -0.15) is 0 Å². The van der Waals surface area contributed by atoms with E-state index in [1.165, 1.54) is 34.8 Å². The monoisotopic (exact) mass is 371 g/mol. The summed E-state index contributed by atoms with van der Waals surface area (Å²) < 4.78 is 15.8. The zero-order valence-corrected chi connectivity index (χ0v) is 16.0. The summed E-state index contributed by atoms with van der Waals surface area (Å²) in [5, 5.41) is 21.0. The van der Waals surface area contributed by atoms with Gasteiger partial charge in [-0.3, -0.25) is 9.69 Å². The third kappa shape index (κ3) is 3.78. The van der Waals surface area contributed by atoms with Gasteiger partial charge in [-0.05, 0) is 32.8 Å². The number of methoxy groups -OCH3 is 1. The van der Waals surface area contributed by atoms with Gasteiger partial charge in [0, 0.05) is 27.1 Å². The molecule has 8 heteroatoms. The van der Waals surface area contributed by atoms with E-state index in [2.05, 4.69) is 4.90 Å². The van der Waals surface area contributed by atoms with Gasteiger partial charge in [-0.15, -0.1) is 0 Å². The molecule has 8 nitrogen and oxygen atoms in total. The van der Waals surface area contributed by atoms with Crippen LogP contribution < -0.4 is 0 Å². The minimum Gasteiger partial charge on any atom is -0.460 e. The summed E-state index contributed by atoms with van der Waals surface area (Å²) in [6.07, 6.45) is 1.43. The summed E-state index contributed by atoms with van der Waals surface area (Å²) in [6, 6.07) is -0.123. The Kier molecular flexibility index (Phi) is 6.12. The molecule has 0 radical (unpaired) electrons. The van der Waals surface area contributed by atoms with Crippen molar-refractivity contribution in [3.05, 3.63) is 11.6 Å². The Morgan fingerprint density at radius 2 is 2.04 bits per heavy atom. The van der Waals surface area contributed by atoms with E-state index in [0.717, 1.165) is 18.5 Å². The number of hydrogen-bond acceptors (Lipinski definition) is 8. The van der Waals surface area contributed by atoms with Gasteiger partial charge in [0.1, 0.15) is 18.3 Å². The zero-order chi connectivity index (χ0) is 19.7. The number of hydrogen-bond donors (Lipinski definition) is 2. The number of fused-ring (bicyclic) bond motifs is 1. The molecule has 1 fully saturated rings. The first-order chi connectivity index (χ1) is 12.0. The fourth-order valence-corrected chi connectivity index (χ4v) is 3.68. The minimum atomic E-state index is -2.22. The van der Waals surface area contributed by atoms with E-state index >= 15 is 0 Å². The van der Waals surface area contributed by atoms with Crippen LogP contribution in [0.3, 0.4) is 0 Å². The second-order valence-electron chi connectivity index (χ2n) is 7.43. The van der Waals surface area contributed by atoms with Gasteiger partial charge in [-0.25, -0.2) is 4.79 Å². The van der Waals surface area contributed by atoms with Crippen LogP contribution in [0.5, 0.6) is 0 Å². The predicted molar refractivity (Wildman–Crippen MR) is 92.3 cm³/mol. The molecule has 2 rings (SSSR count). The number of nitrogens with zero attached hydrogens (tertiary/aromatic N) is 1. The van der Waals surface area contributed by atoms with Gasteiger partial charge in [0.25, 0.3) is 0 Å². The molecule has 0 amide bonds. The largest absolute Gasteiger partial charge is 0.460 e. The van der Waals surface area contributed by atoms with Gasteiger partial charge in [0.05, 0.1) is 12.1 Å². The Labute approximate surface area is 153 Å². The maximum absolute atomic E-state index is 12.6. The van der Waals surface area contributed by atoms with E-state index in [-0.39, 0.29) is 24.7 Å². The lowest BCUT2D eigenvalue weighted by Crippen LogP contribution is -2.63. The highest BCUT2D eigenvalue weighted by Crippen LogP contribution is 2.33. The first kappa shape index (κ1) is 20.8. The Balaban J connectivity index is 2.07. The molecule has 0 spiro atoms. The molecule has 0 aromatic carbocycles. The summed E-state index contributed by atoms with van der Waals surface area (Å²) in [7, 11) is 1.34. The number of carbonyl (C=O) groups excluding carboxylic acids is 2. The summed E-state index contributed by atoms with van der Waals surface area (Å²) >= 11 is 0. The van der Waals surface area contributed by atoms with Crippen molar-refractivity contribution in [2.75, 3.05) is 26.8 Å². The molecule has 148 valence electrons. The third-order valence-corrected chi connectivity index (χ3v) is 5.29. The molecule has 0 bridgehead atoms. The predicted octanol–water partition coefficient (Wildman–Crippen LogP) is 0.0125. The molecule has 2 aliphatic rings. The maximum atomic E-state index is 12.6. The van der Waals surface area contributed by atoms with Gasteiger partial charge in [-0.1, -0.05) is 6.08 Å². The quantitative estimate of drug-likeness (QED) is 0.476. The summed E-state index contributed by atoms with van der Waals surface area (Å²) in [5.41, 5.74) is -3.15. The van der Waals surface area contributed by atoms with Gasteiger partial charge in [0.15, 0.2) is 0 Å². The van der Waals surface area contributed by atoms with Crippen molar-refractivity contribution >= 4 is 11.9 Å². The molecule has 2 aliphatic heterocycles. The van der Waals surface area contributed by atoms with E-state index in [1.807, 2.05) is 6.08 Å². The molecule has 2 heterocycles. The molecule has 0 aliphatic carbocycles. The van der Waals surface area contributed by atoms with Crippen molar-refractivity contribution in [3.8, 4) is 0 Å². The summed E-state index contributed by atoms with van der Waals surface area (Å²) in [5.74, 6) is -1.30. The first-order valence-electron chi connectivity index (χ1n) is 8.77. The fourth-order valence-electron chi connectivity index (χ4n) is 3.68. The first-order valence-corrected chi connectivity index (χ1v) is 8.77. The van der Waals surface area contributed by atoms with Crippen LogP contribution in [0.1, 0.15) is 34.1 Å². The third-order valence-electron chi connectivity index (χ3n) is 5.29. The van der Waals surface area contributed by atoms with Gasteiger partial charge in [0.2, 0.25) is 5.60 Å². The lowest BCUT2D eigenvalue weighted by atomic mass is 9.81. The topological polar surface area (TPSA) is 106 Å². The van der Waals surface area contributed by atoms with Crippen molar-refractivity contribution in [1.82, 2.24) is 4.90 Å². The molecule has 1 saturated heterocycles. The minimum absolute atomic E-state index is 0.0490. The molecule has 2 N–H and O–H groups in total. The van der Waals surface area contributed by atoms with Crippen LogP contribution in [-0.2, 0) is 23.8 Å². The van der Waals surface area contributed by atoms with Crippen LogP contribution in [0, 0.1) is 0 Å². The smallest absolute Gasteiger partial charge is 0.344 e. The number of ether oxygens (including phenoxy) is 3. The molecule has 0 aromatic heterocycles. The van der Waals surface area contributed by atoms with Crippen molar-refractivity contribution < 1.29 is 34.0 Å². The highest BCUT2D eigenvalue weighted by atomic mass is 16.6. The van der Waals surface area contributed by atoms with Gasteiger partial charge >= 0.3 is 11.9 Å². The zero-order valence-electron chi connectivity index (χ0n) is 16.0. The fraction of sp³-hybridized carbons (Fsp3) is 0.778. The lowest BCUT2D eigenvalue weighted by molar-refractivity contribution is -0.216. The molecule has 0 saturated carbocycles. The molecule has 26 heavy (non-hydrogen) atoms. The normalized spacial score (nSPS) is 26.7. The van der Waals surface area contributed by atoms with Gasteiger partial charge < -0.3 is 24.4 Å². The molecule has 0 aromatic rings.